The van der Waals surface area contributed by atoms with Gasteiger partial charge in [-0.05, 0) is 23.8 Å². The van der Waals surface area contributed by atoms with Gasteiger partial charge in [-0.2, -0.15) is 0 Å². The van der Waals surface area contributed by atoms with Gasteiger partial charge < -0.3 is 4.74 Å². The molecule has 0 fully saturated rings. The molecule has 0 N–H and O–H groups in total. The monoisotopic (exact) mass is 404 g/mol. The van der Waals surface area contributed by atoms with Gasteiger partial charge in [0.2, 0.25) is 5.88 Å². The largest absolute Gasteiger partial charge is 0.481 e. The quantitative estimate of drug-likeness (QED) is 0.697. The highest BCUT2D eigenvalue weighted by Crippen LogP contribution is 2.34. The van der Waals surface area contributed by atoms with Gasteiger partial charge in [0.15, 0.2) is 0 Å². The summed E-state index contributed by atoms with van der Waals surface area (Å²) in [5.74, 6) is 0.565. The number of halogens is 3. The first-order valence-electron chi connectivity index (χ1n) is 5.54. The normalized spacial score (nSPS) is 12.2. The van der Waals surface area contributed by atoms with Crippen LogP contribution in [0.5, 0.6) is 5.88 Å². The van der Waals surface area contributed by atoms with Crippen LogP contribution in [0.4, 0.5) is 0 Å². The molecule has 1 atom stereocenters. The molecule has 0 radical (unpaired) electrons. The molecule has 2 aromatic rings. The summed E-state index contributed by atoms with van der Waals surface area (Å²) in [7, 11) is 1.59. The van der Waals surface area contributed by atoms with Crippen LogP contribution in [-0.2, 0) is 6.42 Å². The molecule has 1 unspecified atom stereocenters. The van der Waals surface area contributed by atoms with Crippen LogP contribution in [0.15, 0.2) is 35.1 Å². The first kappa shape index (κ1) is 14.8. The minimum atomic E-state index is 0.111. The Kier molecular flexibility index (Phi) is 5.19. The summed E-state index contributed by atoms with van der Waals surface area (Å²) >= 11 is 13.2. The number of benzene rings is 1. The lowest BCUT2D eigenvalue weighted by Crippen LogP contribution is -2.00. The Morgan fingerprint density at radius 2 is 2.11 bits per heavy atom. The van der Waals surface area contributed by atoms with Crippen LogP contribution in [0.25, 0.3) is 0 Å². The Balaban J connectivity index is 2.20. The summed E-state index contributed by atoms with van der Waals surface area (Å²) in [4.78, 5) is 8.34. The van der Waals surface area contributed by atoms with Crippen molar-refractivity contribution in [2.75, 3.05) is 7.11 Å². The maximum atomic E-state index is 6.02. The van der Waals surface area contributed by atoms with E-state index in [1.165, 1.54) is 6.33 Å². The zero-order chi connectivity index (χ0) is 13.8. The lowest BCUT2D eigenvalue weighted by molar-refractivity contribution is 0.396. The molecule has 0 saturated carbocycles. The average molecular weight is 407 g/mol. The predicted octanol–water partition coefficient (Wildman–Crippen LogP) is 4.58. The van der Waals surface area contributed by atoms with Crippen molar-refractivity contribution in [2.24, 2.45) is 0 Å². The number of hydrogen-bond donors (Lipinski definition) is 0. The van der Waals surface area contributed by atoms with Gasteiger partial charge >= 0.3 is 0 Å². The standard InChI is InChI=1S/C13H11Br2ClN2O/c1-19-13-6-9(17-7-18-13)5-12(15)10-4-8(16)2-3-11(10)14/h2-4,6-7,12H,5H2,1H3. The third-order valence-corrected chi connectivity index (χ3v) is 4.37. The van der Waals surface area contributed by atoms with Crippen LogP contribution in [0.1, 0.15) is 16.1 Å². The Morgan fingerprint density at radius 3 is 2.84 bits per heavy atom. The van der Waals surface area contributed by atoms with E-state index in [-0.39, 0.29) is 4.83 Å². The number of methoxy groups -OCH3 is 1. The number of rotatable bonds is 4. The van der Waals surface area contributed by atoms with E-state index in [0.29, 0.717) is 10.9 Å². The van der Waals surface area contributed by atoms with Gasteiger partial charge in [-0.25, -0.2) is 9.97 Å². The third kappa shape index (κ3) is 3.91. The number of hydrogen-bond acceptors (Lipinski definition) is 3. The van der Waals surface area contributed by atoms with Crippen molar-refractivity contribution < 1.29 is 4.74 Å². The number of aromatic nitrogens is 2. The smallest absolute Gasteiger partial charge is 0.216 e. The second-order valence-electron chi connectivity index (χ2n) is 3.89. The molecule has 6 heteroatoms. The summed E-state index contributed by atoms with van der Waals surface area (Å²) in [6.07, 6.45) is 2.22. The molecule has 19 heavy (non-hydrogen) atoms. The molecule has 2 rings (SSSR count). The number of nitrogens with zero attached hydrogens (tertiary/aromatic N) is 2. The summed E-state index contributed by atoms with van der Waals surface area (Å²) < 4.78 is 6.10. The highest BCUT2D eigenvalue weighted by molar-refractivity contribution is 9.11. The van der Waals surface area contributed by atoms with Gasteiger partial charge in [0.1, 0.15) is 6.33 Å². The van der Waals surface area contributed by atoms with E-state index in [2.05, 4.69) is 41.8 Å². The molecule has 0 saturated heterocycles. The number of ether oxygens (including phenoxy) is 1. The van der Waals surface area contributed by atoms with Crippen molar-refractivity contribution in [3.63, 3.8) is 0 Å². The zero-order valence-electron chi connectivity index (χ0n) is 10.1. The molecular formula is C13H11Br2ClN2O. The van der Waals surface area contributed by atoms with Gasteiger partial charge in [-0.15, -0.1) is 0 Å². The molecule has 0 bridgehead atoms. The lowest BCUT2D eigenvalue weighted by Gasteiger charge is -2.12. The van der Waals surface area contributed by atoms with Crippen LogP contribution < -0.4 is 4.74 Å². The fraction of sp³-hybridized carbons (Fsp3) is 0.231. The molecule has 1 aromatic heterocycles. The van der Waals surface area contributed by atoms with Crippen LogP contribution in [0.3, 0.4) is 0 Å². The van der Waals surface area contributed by atoms with Gasteiger partial charge in [0.25, 0.3) is 0 Å². The van der Waals surface area contributed by atoms with Gasteiger partial charge in [-0.1, -0.05) is 43.5 Å². The molecule has 1 aromatic carbocycles. The van der Waals surface area contributed by atoms with E-state index >= 15 is 0 Å². The van der Waals surface area contributed by atoms with E-state index in [1.54, 1.807) is 7.11 Å². The highest BCUT2D eigenvalue weighted by Gasteiger charge is 2.14. The molecule has 0 aliphatic heterocycles. The molecule has 0 aliphatic rings. The van der Waals surface area contributed by atoms with Crippen molar-refractivity contribution >= 4 is 43.5 Å². The van der Waals surface area contributed by atoms with Crippen molar-refractivity contribution in [1.29, 1.82) is 0 Å². The van der Waals surface area contributed by atoms with Crippen LogP contribution in [0, 0.1) is 0 Å². The Morgan fingerprint density at radius 1 is 1.32 bits per heavy atom. The third-order valence-electron chi connectivity index (χ3n) is 2.59. The minimum Gasteiger partial charge on any atom is -0.481 e. The van der Waals surface area contributed by atoms with Gasteiger partial charge in [0.05, 0.1) is 7.11 Å². The van der Waals surface area contributed by atoms with E-state index in [9.17, 15) is 0 Å². The van der Waals surface area contributed by atoms with Crippen molar-refractivity contribution in [1.82, 2.24) is 9.97 Å². The SMILES string of the molecule is COc1cc(CC(Br)c2cc(Cl)ccc2Br)ncn1. The van der Waals surface area contributed by atoms with Crippen molar-refractivity contribution in [3.8, 4) is 5.88 Å². The summed E-state index contributed by atoms with van der Waals surface area (Å²) in [5, 5.41) is 0.711. The second-order valence-corrected chi connectivity index (χ2v) is 6.29. The maximum absolute atomic E-state index is 6.02. The maximum Gasteiger partial charge on any atom is 0.216 e. The molecule has 1 heterocycles. The Hall–Kier alpha value is -0.650. The van der Waals surface area contributed by atoms with Crippen molar-refractivity contribution in [3.05, 3.63) is 51.3 Å². The Labute approximate surface area is 133 Å². The van der Waals surface area contributed by atoms with Crippen LogP contribution in [-0.4, -0.2) is 17.1 Å². The summed E-state index contributed by atoms with van der Waals surface area (Å²) in [5.41, 5.74) is 1.99. The fourth-order valence-electron chi connectivity index (χ4n) is 1.65. The minimum absolute atomic E-state index is 0.111. The first-order chi connectivity index (χ1) is 9.10. The van der Waals surface area contributed by atoms with Gasteiger partial charge in [0, 0.05) is 32.5 Å². The molecule has 0 amide bonds. The molecule has 100 valence electrons. The molecule has 0 aliphatic carbocycles. The molecule has 3 nitrogen and oxygen atoms in total. The second kappa shape index (κ2) is 6.68. The average Bonchev–Trinajstić information content (AvgIpc) is 2.41. The highest BCUT2D eigenvalue weighted by atomic mass is 79.9. The van der Waals surface area contributed by atoms with E-state index in [4.69, 9.17) is 16.3 Å². The topological polar surface area (TPSA) is 35.0 Å². The first-order valence-corrected chi connectivity index (χ1v) is 7.62. The van der Waals surface area contributed by atoms with E-state index < -0.39 is 0 Å². The van der Waals surface area contributed by atoms with E-state index in [0.717, 1.165) is 22.2 Å². The summed E-state index contributed by atoms with van der Waals surface area (Å²) in [6, 6.07) is 7.55. The predicted molar refractivity (Wildman–Crippen MR) is 83.1 cm³/mol. The lowest BCUT2D eigenvalue weighted by atomic mass is 10.1. The fourth-order valence-corrected chi connectivity index (χ4v) is 3.37. The van der Waals surface area contributed by atoms with Gasteiger partial charge in [-0.3, -0.25) is 0 Å². The molecule has 0 spiro atoms. The summed E-state index contributed by atoms with van der Waals surface area (Å²) in [6.45, 7) is 0. The van der Waals surface area contributed by atoms with Crippen LogP contribution in [0.2, 0.25) is 5.02 Å². The molecular weight excluding hydrogens is 395 g/mol. The van der Waals surface area contributed by atoms with Crippen LogP contribution >= 0.6 is 43.5 Å². The number of alkyl halides is 1. The van der Waals surface area contributed by atoms with Crippen molar-refractivity contribution in [2.45, 2.75) is 11.2 Å². The Bertz CT molecular complexity index is 580. The van der Waals surface area contributed by atoms with E-state index in [1.807, 2.05) is 24.3 Å². The zero-order valence-corrected chi connectivity index (χ0v) is 14.0.